The Bertz CT molecular complexity index is 1160. The van der Waals surface area contributed by atoms with E-state index in [-0.39, 0.29) is 10.8 Å². The zero-order valence-corrected chi connectivity index (χ0v) is 16.5. The van der Waals surface area contributed by atoms with Crippen molar-refractivity contribution in [3.63, 3.8) is 0 Å². The lowest BCUT2D eigenvalue weighted by Gasteiger charge is -2.14. The third kappa shape index (κ3) is 3.39. The number of phenols is 1. The van der Waals surface area contributed by atoms with Crippen LogP contribution in [0.1, 0.15) is 19.0 Å². The predicted molar refractivity (Wildman–Crippen MR) is 109 cm³/mol. The summed E-state index contributed by atoms with van der Waals surface area (Å²) in [5.41, 5.74) is 2.51. The van der Waals surface area contributed by atoms with Gasteiger partial charge in [0.25, 0.3) is 0 Å². The van der Waals surface area contributed by atoms with Crippen LogP contribution < -0.4 is 4.74 Å². The highest BCUT2D eigenvalue weighted by molar-refractivity contribution is 6.33. The topological polar surface area (TPSA) is 68.4 Å². The lowest BCUT2D eigenvalue weighted by atomic mass is 10.0. The Labute approximate surface area is 171 Å². The van der Waals surface area contributed by atoms with E-state index in [1.807, 2.05) is 12.1 Å². The molecule has 1 N–H and O–H groups in total. The fraction of sp³-hybridized carbons (Fsp3) is 0.143. The fourth-order valence-corrected chi connectivity index (χ4v) is 3.35. The van der Waals surface area contributed by atoms with Crippen molar-refractivity contribution in [2.75, 3.05) is 0 Å². The van der Waals surface area contributed by atoms with Crippen molar-refractivity contribution < 1.29 is 14.4 Å². The van der Waals surface area contributed by atoms with Crippen molar-refractivity contribution in [2.45, 2.75) is 19.8 Å². The van der Waals surface area contributed by atoms with Crippen molar-refractivity contribution in [3.8, 4) is 28.5 Å². The zero-order valence-electron chi connectivity index (χ0n) is 14.9. The number of ether oxygens (including phenoxy) is 1. The molecule has 0 saturated heterocycles. The van der Waals surface area contributed by atoms with Gasteiger partial charge in [0, 0.05) is 12.3 Å². The van der Waals surface area contributed by atoms with Crippen LogP contribution in [0.4, 0.5) is 0 Å². The summed E-state index contributed by atoms with van der Waals surface area (Å²) >= 11 is 12.3. The van der Waals surface area contributed by atoms with Crippen LogP contribution in [0, 0.1) is 0 Å². The second-order valence-electron chi connectivity index (χ2n) is 6.24. The Hall–Kier alpha value is -2.76. The van der Waals surface area contributed by atoms with Gasteiger partial charge >= 0.3 is 0 Å². The smallest absolute Gasteiger partial charge is 0.169 e. The van der Waals surface area contributed by atoms with E-state index in [0.717, 1.165) is 18.5 Å². The molecule has 4 aromatic rings. The van der Waals surface area contributed by atoms with Gasteiger partial charge in [-0.1, -0.05) is 53.8 Å². The third-order valence-corrected chi connectivity index (χ3v) is 4.93. The minimum Gasteiger partial charge on any atom is -0.506 e. The summed E-state index contributed by atoms with van der Waals surface area (Å²) in [7, 11) is 0. The van der Waals surface area contributed by atoms with Crippen LogP contribution in [-0.4, -0.2) is 15.2 Å². The van der Waals surface area contributed by atoms with Gasteiger partial charge in [0.05, 0.1) is 26.7 Å². The van der Waals surface area contributed by atoms with E-state index in [1.54, 1.807) is 24.4 Å². The number of phenolic OH excluding ortho intramolecular Hbond substituents is 1. The van der Waals surface area contributed by atoms with Gasteiger partial charge in [-0.2, -0.15) is 0 Å². The third-order valence-electron chi connectivity index (χ3n) is 4.31. The SMILES string of the molecule is CCCc1nccc(Oc2ccccc2Cl)c1-c1noc2cc(Cl)c(O)cc12. The number of fused-ring (bicyclic) bond motifs is 1. The first-order valence-corrected chi connectivity index (χ1v) is 9.52. The van der Waals surface area contributed by atoms with E-state index in [4.69, 9.17) is 32.5 Å². The summed E-state index contributed by atoms with van der Waals surface area (Å²) in [6.45, 7) is 2.07. The monoisotopic (exact) mass is 414 g/mol. The van der Waals surface area contributed by atoms with E-state index in [0.29, 0.717) is 38.7 Å². The molecule has 28 heavy (non-hydrogen) atoms. The molecular formula is C21H16Cl2N2O3. The molecule has 142 valence electrons. The highest BCUT2D eigenvalue weighted by Crippen LogP contribution is 2.41. The number of aromatic nitrogens is 2. The molecule has 5 nitrogen and oxygen atoms in total. The van der Waals surface area contributed by atoms with Crippen molar-refractivity contribution in [3.05, 3.63) is 64.4 Å². The van der Waals surface area contributed by atoms with Crippen molar-refractivity contribution >= 4 is 34.2 Å². The highest BCUT2D eigenvalue weighted by atomic mass is 35.5. The Morgan fingerprint density at radius 3 is 2.68 bits per heavy atom. The lowest BCUT2D eigenvalue weighted by molar-refractivity contribution is 0.455. The highest BCUT2D eigenvalue weighted by Gasteiger charge is 2.21. The molecule has 0 aliphatic rings. The average Bonchev–Trinajstić information content (AvgIpc) is 3.07. The molecule has 0 bridgehead atoms. The van der Waals surface area contributed by atoms with Crippen LogP contribution in [0.3, 0.4) is 0 Å². The Balaban J connectivity index is 1.92. The summed E-state index contributed by atoms with van der Waals surface area (Å²) in [4.78, 5) is 4.51. The molecule has 0 aliphatic carbocycles. The molecule has 0 saturated carbocycles. The van der Waals surface area contributed by atoms with Gasteiger partial charge in [0.15, 0.2) is 5.58 Å². The minimum absolute atomic E-state index is 0.0480. The molecule has 0 aliphatic heterocycles. The maximum Gasteiger partial charge on any atom is 0.169 e. The van der Waals surface area contributed by atoms with Gasteiger partial charge in [-0.3, -0.25) is 4.98 Å². The van der Waals surface area contributed by atoms with Gasteiger partial charge in [0.2, 0.25) is 0 Å². The number of hydrogen-bond donors (Lipinski definition) is 1. The summed E-state index contributed by atoms with van der Waals surface area (Å²) in [6.07, 6.45) is 3.31. The first-order valence-electron chi connectivity index (χ1n) is 8.77. The first-order chi connectivity index (χ1) is 13.6. The van der Waals surface area contributed by atoms with Crippen molar-refractivity contribution in [1.29, 1.82) is 0 Å². The maximum absolute atomic E-state index is 10.1. The number of nitrogens with zero attached hydrogens (tertiary/aromatic N) is 2. The van der Waals surface area contributed by atoms with E-state index in [9.17, 15) is 5.11 Å². The molecule has 0 unspecified atom stereocenters. The summed E-state index contributed by atoms with van der Waals surface area (Å²) in [6, 6.07) is 12.1. The number of hydrogen-bond acceptors (Lipinski definition) is 5. The fourth-order valence-electron chi connectivity index (χ4n) is 3.02. The normalized spacial score (nSPS) is 11.1. The predicted octanol–water partition coefficient (Wildman–Crippen LogP) is 6.65. The number of rotatable bonds is 5. The van der Waals surface area contributed by atoms with Crippen LogP contribution >= 0.6 is 23.2 Å². The van der Waals surface area contributed by atoms with Crippen molar-refractivity contribution in [2.24, 2.45) is 0 Å². The summed E-state index contributed by atoms with van der Waals surface area (Å²) < 4.78 is 11.6. The second kappa shape index (κ2) is 7.70. The number of aryl methyl sites for hydroxylation is 1. The molecule has 0 spiro atoms. The molecule has 0 amide bonds. The number of benzene rings is 2. The van der Waals surface area contributed by atoms with Gasteiger partial charge < -0.3 is 14.4 Å². The van der Waals surface area contributed by atoms with E-state index >= 15 is 0 Å². The lowest BCUT2D eigenvalue weighted by Crippen LogP contribution is -1.98. The van der Waals surface area contributed by atoms with Crippen molar-refractivity contribution in [1.82, 2.24) is 10.1 Å². The van der Waals surface area contributed by atoms with E-state index < -0.39 is 0 Å². The van der Waals surface area contributed by atoms with Crippen LogP contribution in [0.5, 0.6) is 17.2 Å². The molecule has 0 atom stereocenters. The van der Waals surface area contributed by atoms with E-state index in [1.165, 1.54) is 12.1 Å². The molecule has 7 heteroatoms. The summed E-state index contributed by atoms with van der Waals surface area (Å²) in [5.74, 6) is 1.03. The number of aromatic hydroxyl groups is 1. The van der Waals surface area contributed by atoms with Gasteiger partial charge in [-0.25, -0.2) is 0 Å². The number of halogens is 2. The maximum atomic E-state index is 10.1. The van der Waals surface area contributed by atoms with Crippen LogP contribution in [0.25, 0.3) is 22.2 Å². The van der Waals surface area contributed by atoms with Crippen LogP contribution in [-0.2, 0) is 6.42 Å². The largest absolute Gasteiger partial charge is 0.506 e. The van der Waals surface area contributed by atoms with Crippen LogP contribution in [0.15, 0.2) is 53.2 Å². The van der Waals surface area contributed by atoms with Gasteiger partial charge in [-0.15, -0.1) is 0 Å². The molecule has 4 rings (SSSR count). The van der Waals surface area contributed by atoms with Gasteiger partial charge in [-0.05, 0) is 30.7 Å². The standard InChI is InChI=1S/C21H16Cl2N2O3/c1-2-5-15-20(21-12-10-16(26)14(23)11-19(12)28-25-21)18(8-9-24-15)27-17-7-4-3-6-13(17)22/h3-4,6-11,26H,2,5H2,1H3. The number of pyridine rings is 1. The van der Waals surface area contributed by atoms with E-state index in [2.05, 4.69) is 17.1 Å². The Morgan fingerprint density at radius 2 is 1.89 bits per heavy atom. The first kappa shape index (κ1) is 18.6. The Kier molecular flexibility index (Phi) is 5.11. The molecular weight excluding hydrogens is 399 g/mol. The molecule has 2 aromatic heterocycles. The molecule has 0 radical (unpaired) electrons. The summed E-state index contributed by atoms with van der Waals surface area (Å²) in [5, 5.41) is 15.6. The molecule has 2 aromatic carbocycles. The minimum atomic E-state index is -0.0480. The average molecular weight is 415 g/mol. The van der Waals surface area contributed by atoms with Gasteiger partial charge in [0.1, 0.15) is 22.9 Å². The molecule has 0 fully saturated rings. The quantitative estimate of drug-likeness (QED) is 0.395. The Morgan fingerprint density at radius 1 is 1.07 bits per heavy atom. The van der Waals surface area contributed by atoms with Crippen LogP contribution in [0.2, 0.25) is 10.0 Å². The number of para-hydroxylation sites is 1. The molecule has 2 heterocycles. The zero-order chi connectivity index (χ0) is 19.7. The second-order valence-corrected chi connectivity index (χ2v) is 7.06.